The van der Waals surface area contributed by atoms with Crippen LogP contribution in [-0.4, -0.2) is 31.0 Å². The maximum Gasteiger partial charge on any atom is 0.163 e. The minimum Gasteiger partial charge on any atom is -0.493 e. The highest BCUT2D eigenvalue weighted by molar-refractivity contribution is 9.10. The molecule has 0 unspecified atom stereocenters. The SMILES string of the molecule is C#CCOc1cc(Br)c(C[NH2+]C(C)(C)CO)cc1OC. The Kier molecular flexibility index (Phi) is 6.34. The first-order valence-electron chi connectivity index (χ1n) is 6.31. The lowest BCUT2D eigenvalue weighted by Crippen LogP contribution is -2.95. The van der Waals surface area contributed by atoms with Crippen molar-refractivity contribution < 1.29 is 19.9 Å². The fourth-order valence-corrected chi connectivity index (χ4v) is 2.06. The number of aliphatic hydroxyl groups is 1. The Morgan fingerprint density at radius 3 is 2.65 bits per heavy atom. The molecule has 0 spiro atoms. The zero-order valence-corrected chi connectivity index (χ0v) is 13.7. The van der Waals surface area contributed by atoms with Crippen LogP contribution in [0, 0.1) is 12.3 Å². The number of hydrogen-bond acceptors (Lipinski definition) is 3. The zero-order valence-electron chi connectivity index (χ0n) is 12.1. The van der Waals surface area contributed by atoms with E-state index in [-0.39, 0.29) is 18.8 Å². The van der Waals surface area contributed by atoms with Crippen LogP contribution in [0.25, 0.3) is 0 Å². The highest BCUT2D eigenvalue weighted by atomic mass is 79.9. The Labute approximate surface area is 128 Å². The van der Waals surface area contributed by atoms with Crippen molar-refractivity contribution >= 4 is 15.9 Å². The van der Waals surface area contributed by atoms with Crippen molar-refractivity contribution in [3.63, 3.8) is 0 Å². The van der Waals surface area contributed by atoms with Gasteiger partial charge in [0.05, 0.1) is 13.7 Å². The predicted octanol–water partition coefficient (Wildman–Crippen LogP) is 1.30. The minimum atomic E-state index is -0.217. The first-order valence-corrected chi connectivity index (χ1v) is 7.10. The van der Waals surface area contributed by atoms with Crippen molar-refractivity contribution in [2.24, 2.45) is 0 Å². The quantitative estimate of drug-likeness (QED) is 0.734. The third kappa shape index (κ3) is 4.71. The van der Waals surface area contributed by atoms with Crippen LogP contribution in [0.5, 0.6) is 11.5 Å². The summed E-state index contributed by atoms with van der Waals surface area (Å²) in [4.78, 5) is 0. The average molecular weight is 343 g/mol. The van der Waals surface area contributed by atoms with E-state index in [1.165, 1.54) is 0 Å². The molecule has 1 aromatic rings. The molecule has 1 rings (SSSR count). The molecule has 0 saturated heterocycles. The molecule has 20 heavy (non-hydrogen) atoms. The van der Waals surface area contributed by atoms with Crippen molar-refractivity contribution in [1.29, 1.82) is 0 Å². The number of ether oxygens (including phenoxy) is 2. The van der Waals surface area contributed by atoms with Crippen molar-refractivity contribution in [2.75, 3.05) is 20.3 Å². The van der Waals surface area contributed by atoms with Crippen LogP contribution in [0.4, 0.5) is 0 Å². The highest BCUT2D eigenvalue weighted by Gasteiger charge is 2.20. The van der Waals surface area contributed by atoms with Crippen LogP contribution in [0.1, 0.15) is 19.4 Å². The topological polar surface area (TPSA) is 55.3 Å². The fourth-order valence-electron chi connectivity index (χ4n) is 1.58. The Morgan fingerprint density at radius 2 is 2.10 bits per heavy atom. The lowest BCUT2D eigenvalue weighted by molar-refractivity contribution is -0.736. The summed E-state index contributed by atoms with van der Waals surface area (Å²) in [6, 6.07) is 3.77. The van der Waals surface area contributed by atoms with Gasteiger partial charge in [0.15, 0.2) is 11.5 Å². The molecule has 0 bridgehead atoms. The zero-order chi connectivity index (χ0) is 15.2. The third-order valence-electron chi connectivity index (χ3n) is 2.93. The van der Waals surface area contributed by atoms with Gasteiger partial charge in [0.2, 0.25) is 0 Å². The van der Waals surface area contributed by atoms with Crippen molar-refractivity contribution in [2.45, 2.75) is 25.9 Å². The number of benzene rings is 1. The van der Waals surface area contributed by atoms with Gasteiger partial charge in [-0.15, -0.1) is 6.42 Å². The molecular weight excluding hydrogens is 322 g/mol. The van der Waals surface area contributed by atoms with E-state index in [1.54, 1.807) is 7.11 Å². The van der Waals surface area contributed by atoms with Gasteiger partial charge in [-0.3, -0.25) is 0 Å². The Morgan fingerprint density at radius 1 is 1.40 bits per heavy atom. The van der Waals surface area contributed by atoms with E-state index < -0.39 is 0 Å². The third-order valence-corrected chi connectivity index (χ3v) is 3.66. The second-order valence-corrected chi connectivity index (χ2v) is 6.00. The molecule has 1 aromatic carbocycles. The van der Waals surface area contributed by atoms with Gasteiger partial charge < -0.3 is 19.9 Å². The molecule has 0 aliphatic carbocycles. The van der Waals surface area contributed by atoms with Crippen LogP contribution in [0.2, 0.25) is 0 Å². The normalized spacial score (nSPS) is 11.0. The van der Waals surface area contributed by atoms with E-state index in [4.69, 9.17) is 15.9 Å². The van der Waals surface area contributed by atoms with Gasteiger partial charge >= 0.3 is 0 Å². The number of rotatable bonds is 7. The molecule has 0 fully saturated rings. The number of aliphatic hydroxyl groups excluding tert-OH is 1. The molecule has 0 radical (unpaired) electrons. The summed E-state index contributed by atoms with van der Waals surface area (Å²) in [5, 5.41) is 11.4. The van der Waals surface area contributed by atoms with E-state index >= 15 is 0 Å². The number of terminal acetylenes is 1. The van der Waals surface area contributed by atoms with E-state index in [2.05, 4.69) is 27.2 Å². The van der Waals surface area contributed by atoms with Crippen LogP contribution in [0.3, 0.4) is 0 Å². The van der Waals surface area contributed by atoms with Gasteiger partial charge in [0, 0.05) is 10.0 Å². The van der Waals surface area contributed by atoms with Gasteiger partial charge in [-0.05, 0) is 26.0 Å². The number of halogens is 1. The van der Waals surface area contributed by atoms with E-state index in [0.29, 0.717) is 11.5 Å². The summed E-state index contributed by atoms with van der Waals surface area (Å²) in [6.07, 6.45) is 5.19. The summed E-state index contributed by atoms with van der Waals surface area (Å²) >= 11 is 3.52. The minimum absolute atomic E-state index is 0.116. The van der Waals surface area contributed by atoms with E-state index in [9.17, 15) is 5.11 Å². The summed E-state index contributed by atoms with van der Waals surface area (Å²) in [5.74, 6) is 3.69. The number of nitrogens with two attached hydrogens (primary N) is 1. The molecule has 110 valence electrons. The van der Waals surface area contributed by atoms with Crippen LogP contribution in [0.15, 0.2) is 16.6 Å². The monoisotopic (exact) mass is 342 g/mol. The molecule has 0 aromatic heterocycles. The summed E-state index contributed by atoms with van der Waals surface area (Å²) < 4.78 is 11.7. The number of hydrogen-bond donors (Lipinski definition) is 2. The second kappa shape index (κ2) is 7.53. The molecule has 0 aliphatic rings. The standard InChI is InChI=1S/C15H20BrNO3/c1-5-6-20-14-8-12(16)11(7-13(14)19-4)9-17-15(2,3)10-18/h1,7-8,17-18H,6,9-10H2,2-4H3/p+1. The van der Waals surface area contributed by atoms with Crippen molar-refractivity contribution in [1.82, 2.24) is 0 Å². The lowest BCUT2D eigenvalue weighted by Gasteiger charge is -2.20. The molecule has 0 heterocycles. The first-order chi connectivity index (χ1) is 9.43. The molecule has 0 saturated carbocycles. The summed E-state index contributed by atoms with van der Waals surface area (Å²) in [7, 11) is 1.59. The number of methoxy groups -OCH3 is 1. The summed E-state index contributed by atoms with van der Waals surface area (Å²) in [5.41, 5.74) is 0.849. The molecule has 0 atom stereocenters. The van der Waals surface area contributed by atoms with E-state index in [1.807, 2.05) is 26.0 Å². The molecular formula is C15H21BrNO3+. The second-order valence-electron chi connectivity index (χ2n) is 5.14. The van der Waals surface area contributed by atoms with Crippen LogP contribution < -0.4 is 14.8 Å². The van der Waals surface area contributed by atoms with Gasteiger partial charge in [0.25, 0.3) is 0 Å². The predicted molar refractivity (Wildman–Crippen MR) is 81.8 cm³/mol. The molecule has 5 heteroatoms. The lowest BCUT2D eigenvalue weighted by atomic mass is 10.1. The van der Waals surface area contributed by atoms with Gasteiger partial charge in [-0.25, -0.2) is 0 Å². The fraction of sp³-hybridized carbons (Fsp3) is 0.467. The maximum absolute atomic E-state index is 9.28. The number of quaternary nitrogens is 1. The average Bonchev–Trinajstić information content (AvgIpc) is 2.43. The van der Waals surface area contributed by atoms with E-state index in [0.717, 1.165) is 16.6 Å². The van der Waals surface area contributed by atoms with Crippen molar-refractivity contribution in [3.8, 4) is 23.8 Å². The Balaban J connectivity index is 2.91. The van der Waals surface area contributed by atoms with Gasteiger partial charge in [0.1, 0.15) is 18.7 Å². The van der Waals surface area contributed by atoms with Crippen LogP contribution >= 0.6 is 15.9 Å². The van der Waals surface area contributed by atoms with Crippen LogP contribution in [-0.2, 0) is 6.54 Å². The summed E-state index contributed by atoms with van der Waals surface area (Å²) in [6.45, 7) is 5.02. The molecule has 0 aliphatic heterocycles. The first kappa shape index (κ1) is 16.8. The van der Waals surface area contributed by atoms with Gasteiger partial charge in [-0.1, -0.05) is 21.9 Å². The van der Waals surface area contributed by atoms with Gasteiger partial charge in [-0.2, -0.15) is 0 Å². The Hall–Kier alpha value is -1.22. The molecule has 4 nitrogen and oxygen atoms in total. The van der Waals surface area contributed by atoms with Crippen molar-refractivity contribution in [3.05, 3.63) is 22.2 Å². The highest BCUT2D eigenvalue weighted by Crippen LogP contribution is 2.33. The molecule has 3 N–H and O–H groups in total. The molecule has 0 amide bonds. The smallest absolute Gasteiger partial charge is 0.163 e. The largest absolute Gasteiger partial charge is 0.493 e. The Bertz CT molecular complexity index is 495. The maximum atomic E-state index is 9.28.